The van der Waals surface area contributed by atoms with Crippen molar-refractivity contribution in [2.45, 2.75) is 37.8 Å². The lowest BCUT2D eigenvalue weighted by atomic mass is 10.0. The van der Waals surface area contributed by atoms with E-state index in [0.29, 0.717) is 30.1 Å². The largest absolute Gasteiger partial charge is 0.489 e. The molecule has 0 unspecified atom stereocenters. The van der Waals surface area contributed by atoms with Gasteiger partial charge in [-0.15, -0.1) is 0 Å². The van der Waals surface area contributed by atoms with E-state index in [1.165, 1.54) is 0 Å². The number of benzene rings is 3. The maximum atomic E-state index is 13.1. The minimum absolute atomic E-state index is 0.0223. The van der Waals surface area contributed by atoms with Gasteiger partial charge in [0.1, 0.15) is 18.4 Å². The van der Waals surface area contributed by atoms with Crippen molar-refractivity contribution >= 4 is 11.9 Å². The number of halogens is 6. The fourth-order valence-corrected chi connectivity index (χ4v) is 3.63. The van der Waals surface area contributed by atoms with Gasteiger partial charge >= 0.3 is 18.3 Å². The zero-order valence-corrected chi connectivity index (χ0v) is 20.0. The van der Waals surface area contributed by atoms with Crippen molar-refractivity contribution < 1.29 is 45.4 Å². The Kier molecular flexibility index (Phi) is 9.03. The molecule has 1 N–H and O–H groups in total. The van der Waals surface area contributed by atoms with Crippen molar-refractivity contribution in [3.8, 4) is 5.75 Å². The van der Waals surface area contributed by atoms with Gasteiger partial charge in [-0.05, 0) is 47.0 Å². The van der Waals surface area contributed by atoms with Gasteiger partial charge in [0.2, 0.25) is 5.91 Å². The summed E-state index contributed by atoms with van der Waals surface area (Å²) >= 11 is 0. The zero-order valence-electron chi connectivity index (χ0n) is 20.0. The van der Waals surface area contributed by atoms with Gasteiger partial charge in [-0.3, -0.25) is 4.79 Å². The summed E-state index contributed by atoms with van der Waals surface area (Å²) in [5.74, 6) is -1.30. The number of hydrogen-bond donors (Lipinski definition) is 1. The number of methoxy groups -OCH3 is 1. The van der Waals surface area contributed by atoms with Crippen LogP contribution in [-0.2, 0) is 46.1 Å². The molecule has 0 aliphatic rings. The summed E-state index contributed by atoms with van der Waals surface area (Å²) in [5, 5.41) is 2.34. The lowest BCUT2D eigenvalue weighted by molar-refractivity contribution is -0.145. The van der Waals surface area contributed by atoms with Crippen LogP contribution >= 0.6 is 0 Å². The molecule has 3 aromatic rings. The maximum Gasteiger partial charge on any atom is 0.416 e. The third-order valence-electron chi connectivity index (χ3n) is 5.42. The van der Waals surface area contributed by atoms with E-state index in [1.807, 2.05) is 30.3 Å². The van der Waals surface area contributed by atoms with E-state index < -0.39 is 53.4 Å². The van der Waals surface area contributed by atoms with E-state index in [1.54, 1.807) is 24.3 Å². The third-order valence-corrected chi connectivity index (χ3v) is 5.42. The summed E-state index contributed by atoms with van der Waals surface area (Å²) in [6.45, 7) is 0.290. The highest BCUT2D eigenvalue weighted by molar-refractivity contribution is 5.86. The molecule has 11 heteroatoms. The first-order valence-electron chi connectivity index (χ1n) is 11.3. The molecule has 0 aliphatic carbocycles. The Balaban J connectivity index is 1.73. The van der Waals surface area contributed by atoms with Crippen LogP contribution in [0.4, 0.5) is 26.3 Å². The molecule has 0 bridgehead atoms. The lowest BCUT2D eigenvalue weighted by Crippen LogP contribution is -2.43. The molecule has 3 rings (SSSR count). The van der Waals surface area contributed by atoms with Gasteiger partial charge in [0.05, 0.1) is 24.7 Å². The molecule has 0 radical (unpaired) electrons. The second-order valence-corrected chi connectivity index (χ2v) is 8.36. The van der Waals surface area contributed by atoms with Crippen LogP contribution in [0.1, 0.15) is 27.8 Å². The van der Waals surface area contributed by atoms with Crippen molar-refractivity contribution in [3.05, 3.63) is 101 Å². The highest BCUT2D eigenvalue weighted by atomic mass is 19.4. The second-order valence-electron chi connectivity index (χ2n) is 8.36. The Hall–Kier alpha value is -4.02. The van der Waals surface area contributed by atoms with Gasteiger partial charge < -0.3 is 14.8 Å². The molecule has 0 aliphatic heterocycles. The Bertz CT molecular complexity index is 1230. The Morgan fingerprint density at radius 3 is 1.97 bits per heavy atom. The van der Waals surface area contributed by atoms with Crippen molar-refractivity contribution in [2.75, 3.05) is 7.11 Å². The van der Waals surface area contributed by atoms with E-state index in [2.05, 4.69) is 5.32 Å². The first-order valence-corrected chi connectivity index (χ1v) is 11.3. The van der Waals surface area contributed by atoms with Crippen LogP contribution in [0.2, 0.25) is 0 Å². The predicted molar refractivity (Wildman–Crippen MR) is 125 cm³/mol. The Morgan fingerprint density at radius 2 is 1.39 bits per heavy atom. The number of hydrogen-bond acceptors (Lipinski definition) is 4. The maximum absolute atomic E-state index is 13.1. The van der Waals surface area contributed by atoms with Crippen LogP contribution in [0.3, 0.4) is 0 Å². The molecule has 0 saturated heterocycles. The van der Waals surface area contributed by atoms with Crippen LogP contribution in [-0.4, -0.2) is 25.0 Å². The second kappa shape index (κ2) is 12.0. The summed E-state index contributed by atoms with van der Waals surface area (Å²) in [5.41, 5.74) is -2.07. The molecular weight excluding hydrogens is 516 g/mol. The minimum Gasteiger partial charge on any atom is -0.489 e. The van der Waals surface area contributed by atoms with E-state index in [-0.39, 0.29) is 12.5 Å². The van der Waals surface area contributed by atoms with Crippen LogP contribution in [0.25, 0.3) is 0 Å². The molecule has 0 spiro atoms. The molecular formula is C27H23F6NO4. The molecule has 0 heterocycles. The van der Waals surface area contributed by atoms with Crippen LogP contribution in [0.5, 0.6) is 5.75 Å². The molecule has 202 valence electrons. The number of rotatable bonds is 9. The first kappa shape index (κ1) is 28.5. The molecule has 0 saturated carbocycles. The minimum atomic E-state index is -5.05. The standard InChI is InChI=1S/C27H23F6NO4/c1-37-25(36)23(13-18-8-5-9-22(12-18)38-16-17-6-3-2-4-7-17)34-24(35)14-19-10-20(26(28,29)30)15-21(11-19)27(31,32)33/h2-12,15,23H,13-14,16H2,1H3,(H,34,35)/t23-/m0/s1. The molecule has 38 heavy (non-hydrogen) atoms. The van der Waals surface area contributed by atoms with Crippen molar-refractivity contribution in [1.82, 2.24) is 5.32 Å². The highest BCUT2D eigenvalue weighted by Gasteiger charge is 2.37. The van der Waals surface area contributed by atoms with Gasteiger partial charge in [-0.1, -0.05) is 42.5 Å². The number of nitrogens with one attached hydrogen (secondary N) is 1. The average molecular weight is 539 g/mol. The topological polar surface area (TPSA) is 64.6 Å². The predicted octanol–water partition coefficient (Wildman–Crippen LogP) is 5.75. The van der Waals surface area contributed by atoms with E-state index >= 15 is 0 Å². The summed E-state index contributed by atoms with van der Waals surface area (Å²) in [6, 6.07) is 15.7. The van der Waals surface area contributed by atoms with Crippen molar-refractivity contribution in [3.63, 3.8) is 0 Å². The number of alkyl halides is 6. The lowest BCUT2D eigenvalue weighted by Gasteiger charge is -2.18. The summed E-state index contributed by atoms with van der Waals surface area (Å²) in [4.78, 5) is 24.9. The SMILES string of the molecule is COC(=O)[C@H](Cc1cccc(OCc2ccccc2)c1)NC(=O)Cc1cc(C(F)(F)F)cc(C(F)(F)F)c1. The van der Waals surface area contributed by atoms with Gasteiger partial charge in [0, 0.05) is 6.42 Å². The van der Waals surface area contributed by atoms with Gasteiger partial charge in [0.25, 0.3) is 0 Å². The Labute approximate surface area is 214 Å². The number of ether oxygens (including phenoxy) is 2. The van der Waals surface area contributed by atoms with Crippen LogP contribution in [0.15, 0.2) is 72.8 Å². The summed E-state index contributed by atoms with van der Waals surface area (Å²) in [6.07, 6.45) is -11.0. The molecule has 0 aromatic heterocycles. The highest BCUT2D eigenvalue weighted by Crippen LogP contribution is 2.36. The fraction of sp³-hybridized carbons (Fsp3) is 0.259. The molecule has 1 atom stereocenters. The van der Waals surface area contributed by atoms with Gasteiger partial charge in [0.15, 0.2) is 0 Å². The van der Waals surface area contributed by atoms with Crippen LogP contribution in [0, 0.1) is 0 Å². The zero-order chi connectivity index (χ0) is 27.9. The quantitative estimate of drug-likeness (QED) is 0.278. The Morgan fingerprint density at radius 1 is 0.789 bits per heavy atom. The van der Waals surface area contributed by atoms with E-state index in [4.69, 9.17) is 9.47 Å². The van der Waals surface area contributed by atoms with Crippen LogP contribution < -0.4 is 10.1 Å². The third kappa shape index (κ3) is 8.25. The van der Waals surface area contributed by atoms with Gasteiger partial charge in [-0.25, -0.2) is 4.79 Å². The van der Waals surface area contributed by atoms with E-state index in [0.717, 1.165) is 12.7 Å². The smallest absolute Gasteiger partial charge is 0.416 e. The van der Waals surface area contributed by atoms with E-state index in [9.17, 15) is 35.9 Å². The normalized spacial score (nSPS) is 12.5. The molecule has 0 fully saturated rings. The summed E-state index contributed by atoms with van der Waals surface area (Å²) < 4.78 is 89.2. The molecule has 3 aromatic carbocycles. The average Bonchev–Trinajstić information content (AvgIpc) is 2.86. The number of carbonyl (C=O) groups excluding carboxylic acids is 2. The van der Waals surface area contributed by atoms with Crippen molar-refractivity contribution in [2.24, 2.45) is 0 Å². The monoisotopic (exact) mass is 539 g/mol. The molecule has 5 nitrogen and oxygen atoms in total. The van der Waals surface area contributed by atoms with Gasteiger partial charge in [-0.2, -0.15) is 26.3 Å². The number of amides is 1. The first-order chi connectivity index (χ1) is 17.8. The molecule has 1 amide bonds. The van der Waals surface area contributed by atoms with Crippen molar-refractivity contribution in [1.29, 1.82) is 0 Å². The fourth-order valence-electron chi connectivity index (χ4n) is 3.63. The number of esters is 1. The summed E-state index contributed by atoms with van der Waals surface area (Å²) in [7, 11) is 1.09. The number of carbonyl (C=O) groups is 2.